The van der Waals surface area contributed by atoms with E-state index in [1.165, 1.54) is 12.1 Å². The molecule has 2 saturated carbocycles. The smallest absolute Gasteiger partial charge is 0.319 e. The van der Waals surface area contributed by atoms with Gasteiger partial charge in [-0.1, -0.05) is 12.1 Å². The van der Waals surface area contributed by atoms with Gasteiger partial charge in [0.25, 0.3) is 0 Å². The lowest BCUT2D eigenvalue weighted by Crippen LogP contribution is -2.38. The maximum Gasteiger partial charge on any atom is 0.319 e. The number of carboxylic acid groups (broad SMARTS) is 1. The fraction of sp³-hybridized carbons (Fsp3) is 0.429. The highest BCUT2D eigenvalue weighted by molar-refractivity contribution is 6.05. The quantitative estimate of drug-likeness (QED) is 0.812. The van der Waals surface area contributed by atoms with Crippen molar-refractivity contribution < 1.29 is 19.1 Å². The molecular formula is C14H14FNO3. The molecule has 100 valence electrons. The predicted octanol–water partition coefficient (Wildman–Crippen LogP) is 1.66. The molecule has 2 N–H and O–H groups in total. The van der Waals surface area contributed by atoms with Gasteiger partial charge < -0.3 is 10.4 Å². The molecule has 2 fully saturated rings. The van der Waals surface area contributed by atoms with E-state index in [1.807, 2.05) is 6.07 Å². The normalized spacial score (nSPS) is 26.6. The first-order valence-corrected chi connectivity index (χ1v) is 6.33. The van der Waals surface area contributed by atoms with Crippen LogP contribution in [0.2, 0.25) is 0 Å². The van der Waals surface area contributed by atoms with Gasteiger partial charge in [-0.05, 0) is 37.0 Å². The van der Waals surface area contributed by atoms with Gasteiger partial charge in [0, 0.05) is 12.0 Å². The number of hydrogen-bond donors (Lipinski definition) is 2. The molecule has 2 aliphatic rings. The van der Waals surface area contributed by atoms with E-state index in [0.29, 0.717) is 12.8 Å². The largest absolute Gasteiger partial charge is 0.480 e. The molecule has 0 aromatic heterocycles. The molecule has 0 radical (unpaired) electrons. The van der Waals surface area contributed by atoms with Crippen LogP contribution in [0.4, 0.5) is 4.39 Å². The fourth-order valence-corrected chi connectivity index (χ4v) is 2.43. The van der Waals surface area contributed by atoms with E-state index in [2.05, 4.69) is 5.32 Å². The van der Waals surface area contributed by atoms with Gasteiger partial charge in [-0.2, -0.15) is 0 Å². The van der Waals surface area contributed by atoms with Crippen molar-refractivity contribution >= 4 is 11.9 Å². The summed E-state index contributed by atoms with van der Waals surface area (Å²) in [4.78, 5) is 22.9. The van der Waals surface area contributed by atoms with Crippen molar-refractivity contribution in [2.45, 2.75) is 31.2 Å². The van der Waals surface area contributed by atoms with Crippen LogP contribution >= 0.6 is 0 Å². The number of carboxylic acids is 1. The lowest BCUT2D eigenvalue weighted by Gasteiger charge is -2.10. The van der Waals surface area contributed by atoms with E-state index in [4.69, 9.17) is 5.11 Å². The zero-order chi connectivity index (χ0) is 13.6. The number of benzene rings is 1. The molecule has 0 bridgehead atoms. The topological polar surface area (TPSA) is 66.4 Å². The first kappa shape index (κ1) is 12.1. The number of aliphatic carboxylic acids is 1. The van der Waals surface area contributed by atoms with Crippen LogP contribution in [-0.2, 0) is 9.59 Å². The highest BCUT2D eigenvalue weighted by Gasteiger charge is 2.58. The van der Waals surface area contributed by atoms with Crippen LogP contribution in [0.3, 0.4) is 0 Å². The summed E-state index contributed by atoms with van der Waals surface area (Å²) in [6.07, 6.45) is 1.56. The highest BCUT2D eigenvalue weighted by Crippen LogP contribution is 2.48. The summed E-state index contributed by atoms with van der Waals surface area (Å²) in [6, 6.07) is 6.24. The Bertz CT molecular complexity index is 553. The average Bonchev–Trinajstić information content (AvgIpc) is 3.23. The molecule has 1 amide bonds. The monoisotopic (exact) mass is 263 g/mol. The molecule has 5 heteroatoms. The van der Waals surface area contributed by atoms with Crippen LogP contribution in [0.15, 0.2) is 24.3 Å². The van der Waals surface area contributed by atoms with E-state index in [0.717, 1.165) is 12.0 Å². The Morgan fingerprint density at radius 1 is 1.37 bits per heavy atom. The number of rotatable bonds is 4. The first-order chi connectivity index (χ1) is 9.03. The van der Waals surface area contributed by atoms with Gasteiger partial charge in [0.05, 0.1) is 0 Å². The summed E-state index contributed by atoms with van der Waals surface area (Å²) in [6.45, 7) is 0. The van der Waals surface area contributed by atoms with Crippen LogP contribution in [-0.4, -0.2) is 23.0 Å². The SMILES string of the molecule is O=C(O)C1(C(=O)NC2CC2c2cccc(F)c2)CC1. The van der Waals surface area contributed by atoms with Crippen molar-refractivity contribution in [3.05, 3.63) is 35.6 Å². The van der Waals surface area contributed by atoms with Gasteiger partial charge in [0.2, 0.25) is 5.91 Å². The third kappa shape index (κ3) is 2.09. The first-order valence-electron chi connectivity index (χ1n) is 6.33. The Balaban J connectivity index is 1.62. The maximum absolute atomic E-state index is 13.1. The minimum Gasteiger partial charge on any atom is -0.480 e. The minimum absolute atomic E-state index is 0.0638. The summed E-state index contributed by atoms with van der Waals surface area (Å²) >= 11 is 0. The number of halogens is 1. The van der Waals surface area contributed by atoms with E-state index >= 15 is 0 Å². The molecule has 2 aliphatic carbocycles. The number of hydrogen-bond acceptors (Lipinski definition) is 2. The Kier molecular flexibility index (Phi) is 2.59. The number of nitrogens with one attached hydrogen (secondary N) is 1. The van der Waals surface area contributed by atoms with E-state index in [1.54, 1.807) is 6.07 Å². The molecule has 1 aromatic carbocycles. The van der Waals surface area contributed by atoms with Gasteiger partial charge in [0.1, 0.15) is 11.2 Å². The summed E-state index contributed by atoms with van der Waals surface area (Å²) in [5, 5.41) is 11.8. The second-order valence-electron chi connectivity index (χ2n) is 5.36. The lowest BCUT2D eigenvalue weighted by molar-refractivity contribution is -0.149. The Morgan fingerprint density at radius 3 is 2.68 bits per heavy atom. The van der Waals surface area contributed by atoms with Crippen LogP contribution in [0.25, 0.3) is 0 Å². The molecule has 2 unspecified atom stereocenters. The second kappa shape index (κ2) is 4.05. The Hall–Kier alpha value is -1.91. The van der Waals surface area contributed by atoms with Gasteiger partial charge >= 0.3 is 5.97 Å². The van der Waals surface area contributed by atoms with Crippen molar-refractivity contribution in [1.29, 1.82) is 0 Å². The summed E-state index contributed by atoms with van der Waals surface area (Å²) in [5.41, 5.74) is -0.347. The average molecular weight is 263 g/mol. The molecule has 3 rings (SSSR count). The van der Waals surface area contributed by atoms with Crippen molar-refractivity contribution in [3.8, 4) is 0 Å². The number of carbonyl (C=O) groups is 2. The second-order valence-corrected chi connectivity index (χ2v) is 5.36. The molecule has 0 saturated heterocycles. The molecule has 2 atom stereocenters. The summed E-state index contributed by atoms with van der Waals surface area (Å²) in [5.74, 6) is -1.64. The van der Waals surface area contributed by atoms with Gasteiger partial charge in [-0.3, -0.25) is 9.59 Å². The van der Waals surface area contributed by atoms with Crippen molar-refractivity contribution in [1.82, 2.24) is 5.32 Å². The Labute approximate surface area is 109 Å². The molecule has 19 heavy (non-hydrogen) atoms. The molecule has 0 heterocycles. The van der Waals surface area contributed by atoms with E-state index in [-0.39, 0.29) is 17.8 Å². The molecular weight excluding hydrogens is 249 g/mol. The van der Waals surface area contributed by atoms with Crippen LogP contribution < -0.4 is 5.32 Å². The highest BCUT2D eigenvalue weighted by atomic mass is 19.1. The van der Waals surface area contributed by atoms with Crippen molar-refractivity contribution in [3.63, 3.8) is 0 Å². The lowest BCUT2D eigenvalue weighted by atomic mass is 10.1. The Morgan fingerprint density at radius 2 is 2.11 bits per heavy atom. The third-order valence-electron chi connectivity index (χ3n) is 3.98. The zero-order valence-corrected chi connectivity index (χ0v) is 10.2. The van der Waals surface area contributed by atoms with Gasteiger partial charge in [-0.15, -0.1) is 0 Å². The van der Waals surface area contributed by atoms with Crippen LogP contribution in [0, 0.1) is 11.2 Å². The molecule has 1 aromatic rings. The predicted molar refractivity (Wildman–Crippen MR) is 65.0 cm³/mol. The van der Waals surface area contributed by atoms with Gasteiger partial charge in [0.15, 0.2) is 0 Å². The molecule has 0 spiro atoms. The maximum atomic E-state index is 13.1. The minimum atomic E-state index is -1.20. The van der Waals surface area contributed by atoms with E-state index < -0.39 is 17.3 Å². The van der Waals surface area contributed by atoms with Crippen molar-refractivity contribution in [2.24, 2.45) is 5.41 Å². The number of carbonyl (C=O) groups excluding carboxylic acids is 1. The third-order valence-corrected chi connectivity index (χ3v) is 3.98. The zero-order valence-electron chi connectivity index (χ0n) is 10.2. The summed E-state index contributed by atoms with van der Waals surface area (Å²) in [7, 11) is 0. The van der Waals surface area contributed by atoms with Crippen molar-refractivity contribution in [2.75, 3.05) is 0 Å². The fourth-order valence-electron chi connectivity index (χ4n) is 2.43. The van der Waals surface area contributed by atoms with E-state index in [9.17, 15) is 14.0 Å². The standard InChI is InChI=1S/C14H14FNO3/c15-9-3-1-2-8(6-9)10-7-11(10)16-12(17)14(4-5-14)13(18)19/h1-3,6,10-11H,4-5,7H2,(H,16,17)(H,18,19). The van der Waals surface area contributed by atoms with Crippen LogP contribution in [0.5, 0.6) is 0 Å². The molecule has 4 nitrogen and oxygen atoms in total. The molecule has 0 aliphatic heterocycles. The van der Waals surface area contributed by atoms with Gasteiger partial charge in [-0.25, -0.2) is 4.39 Å². The number of amides is 1. The summed E-state index contributed by atoms with van der Waals surface area (Å²) < 4.78 is 13.1. The van der Waals surface area contributed by atoms with Crippen LogP contribution in [0.1, 0.15) is 30.7 Å².